The third-order valence-corrected chi connectivity index (χ3v) is 5.17. The summed E-state index contributed by atoms with van der Waals surface area (Å²) in [6.45, 7) is 4.61. The van der Waals surface area contributed by atoms with Gasteiger partial charge in [-0.3, -0.25) is 9.59 Å². The molecule has 2 N–H and O–H groups in total. The molecule has 3 rings (SSSR count). The summed E-state index contributed by atoms with van der Waals surface area (Å²) in [5, 5.41) is 6.22. The Morgan fingerprint density at radius 1 is 1.32 bits per heavy atom. The summed E-state index contributed by atoms with van der Waals surface area (Å²) in [5.74, 6) is -0.0427. The number of aryl methyl sites for hydroxylation is 1. The Labute approximate surface area is 148 Å². The molecule has 6 heteroatoms. The van der Waals surface area contributed by atoms with E-state index >= 15 is 0 Å². The number of hydrogen-bond donors (Lipinski definition) is 2. The van der Waals surface area contributed by atoms with E-state index in [0.717, 1.165) is 32.2 Å². The van der Waals surface area contributed by atoms with E-state index in [0.29, 0.717) is 30.8 Å². The topological polar surface area (TPSA) is 61.4 Å². The van der Waals surface area contributed by atoms with Crippen LogP contribution in [0.25, 0.3) is 0 Å². The van der Waals surface area contributed by atoms with Gasteiger partial charge in [-0.2, -0.15) is 0 Å². The Morgan fingerprint density at radius 3 is 2.88 bits per heavy atom. The molecule has 0 aromatic heterocycles. The molecule has 0 radical (unpaired) electrons. The molecule has 2 heterocycles. The van der Waals surface area contributed by atoms with Gasteiger partial charge in [-0.15, -0.1) is 0 Å². The summed E-state index contributed by atoms with van der Waals surface area (Å²) in [6.07, 6.45) is 3.87. The van der Waals surface area contributed by atoms with Crippen molar-refractivity contribution < 1.29 is 14.0 Å². The van der Waals surface area contributed by atoms with E-state index in [1.54, 1.807) is 13.0 Å². The fourth-order valence-corrected chi connectivity index (χ4v) is 3.73. The van der Waals surface area contributed by atoms with Gasteiger partial charge >= 0.3 is 0 Å². The predicted octanol–water partition coefficient (Wildman–Crippen LogP) is 1.85. The molecule has 2 aliphatic rings. The highest BCUT2D eigenvalue weighted by atomic mass is 19.1. The van der Waals surface area contributed by atoms with Crippen molar-refractivity contribution in [3.8, 4) is 0 Å². The van der Waals surface area contributed by atoms with E-state index in [-0.39, 0.29) is 29.6 Å². The van der Waals surface area contributed by atoms with Crippen molar-refractivity contribution in [2.24, 2.45) is 5.92 Å². The number of benzene rings is 1. The first-order valence-electron chi connectivity index (χ1n) is 9.11. The molecule has 0 spiro atoms. The Morgan fingerprint density at radius 2 is 2.16 bits per heavy atom. The molecule has 2 aliphatic heterocycles. The third-order valence-electron chi connectivity index (χ3n) is 5.17. The van der Waals surface area contributed by atoms with Gasteiger partial charge in [-0.25, -0.2) is 4.39 Å². The van der Waals surface area contributed by atoms with Gasteiger partial charge in [0.1, 0.15) is 5.82 Å². The first-order valence-corrected chi connectivity index (χ1v) is 9.11. The molecular formula is C19H26FN3O2. The van der Waals surface area contributed by atoms with Gasteiger partial charge < -0.3 is 15.5 Å². The Kier molecular flexibility index (Phi) is 5.68. The smallest absolute Gasteiger partial charge is 0.254 e. The van der Waals surface area contributed by atoms with Crippen LogP contribution in [0.15, 0.2) is 18.2 Å². The van der Waals surface area contributed by atoms with Crippen molar-refractivity contribution in [2.75, 3.05) is 26.2 Å². The van der Waals surface area contributed by atoms with Gasteiger partial charge in [-0.05, 0) is 68.8 Å². The zero-order valence-corrected chi connectivity index (χ0v) is 14.7. The normalized spacial score (nSPS) is 23.5. The lowest BCUT2D eigenvalue weighted by molar-refractivity contribution is -0.123. The molecule has 0 bridgehead atoms. The molecule has 2 amide bonds. The summed E-state index contributed by atoms with van der Waals surface area (Å²) in [5.41, 5.74) is 1.22. The molecule has 25 heavy (non-hydrogen) atoms. The zero-order chi connectivity index (χ0) is 17.8. The zero-order valence-electron chi connectivity index (χ0n) is 14.7. The summed E-state index contributed by atoms with van der Waals surface area (Å²) in [7, 11) is 0. The number of likely N-dealkylation sites (tertiary alicyclic amines) is 1. The van der Waals surface area contributed by atoms with E-state index < -0.39 is 0 Å². The number of amides is 2. The third kappa shape index (κ3) is 4.37. The highest BCUT2D eigenvalue weighted by Gasteiger charge is 2.27. The number of carbonyl (C=O) groups is 2. The number of halogens is 1. The number of rotatable bonds is 4. The van der Waals surface area contributed by atoms with Gasteiger partial charge in [0.2, 0.25) is 5.91 Å². The molecule has 136 valence electrons. The average molecular weight is 347 g/mol. The fourth-order valence-electron chi connectivity index (χ4n) is 3.73. The molecular weight excluding hydrogens is 321 g/mol. The van der Waals surface area contributed by atoms with E-state index in [9.17, 15) is 14.0 Å². The Bertz CT molecular complexity index is 644. The van der Waals surface area contributed by atoms with Gasteiger partial charge in [0.25, 0.3) is 5.91 Å². The van der Waals surface area contributed by atoms with Crippen molar-refractivity contribution in [2.45, 2.75) is 38.6 Å². The van der Waals surface area contributed by atoms with Gasteiger partial charge in [-0.1, -0.05) is 0 Å². The Balaban J connectivity index is 1.55. The number of piperidine rings is 1. The lowest BCUT2D eigenvalue weighted by Gasteiger charge is -2.33. The average Bonchev–Trinajstić information content (AvgIpc) is 3.14. The highest BCUT2D eigenvalue weighted by molar-refractivity contribution is 5.95. The van der Waals surface area contributed by atoms with Crippen LogP contribution in [0.2, 0.25) is 0 Å². The number of nitrogens with zero attached hydrogens (tertiary/aromatic N) is 1. The second kappa shape index (κ2) is 7.95. The monoisotopic (exact) mass is 347 g/mol. The standard InChI is InChI=1S/C19H26FN3O2/c1-13-10-15(20)6-7-16(13)19(25)23-9-3-4-14(12-23)11-22-18(24)17-5-2-8-21-17/h6-7,10,14,17,21H,2-5,8-9,11-12H2,1H3,(H,22,24). The number of carbonyl (C=O) groups excluding carboxylic acids is 2. The highest BCUT2D eigenvalue weighted by Crippen LogP contribution is 2.20. The number of hydrogen-bond acceptors (Lipinski definition) is 3. The van der Waals surface area contributed by atoms with Crippen LogP contribution in [0.1, 0.15) is 41.6 Å². The van der Waals surface area contributed by atoms with Crippen LogP contribution in [-0.2, 0) is 4.79 Å². The van der Waals surface area contributed by atoms with Crippen molar-refractivity contribution in [1.82, 2.24) is 15.5 Å². The van der Waals surface area contributed by atoms with Crippen LogP contribution in [0.3, 0.4) is 0 Å². The first-order chi connectivity index (χ1) is 12.0. The summed E-state index contributed by atoms with van der Waals surface area (Å²) in [6, 6.07) is 4.22. The van der Waals surface area contributed by atoms with Crippen LogP contribution in [0.5, 0.6) is 0 Å². The molecule has 5 nitrogen and oxygen atoms in total. The van der Waals surface area contributed by atoms with E-state index in [4.69, 9.17) is 0 Å². The number of nitrogens with one attached hydrogen (secondary N) is 2. The minimum atomic E-state index is -0.325. The molecule has 2 saturated heterocycles. The quantitative estimate of drug-likeness (QED) is 0.874. The lowest BCUT2D eigenvalue weighted by atomic mass is 9.96. The predicted molar refractivity (Wildman–Crippen MR) is 93.8 cm³/mol. The molecule has 1 aromatic carbocycles. The van der Waals surface area contributed by atoms with E-state index in [1.165, 1.54) is 12.1 Å². The molecule has 2 atom stereocenters. The van der Waals surface area contributed by atoms with Crippen LogP contribution >= 0.6 is 0 Å². The SMILES string of the molecule is Cc1cc(F)ccc1C(=O)N1CCCC(CNC(=O)C2CCCN2)C1. The van der Waals surface area contributed by atoms with Gasteiger partial charge in [0, 0.05) is 25.2 Å². The second-order valence-corrected chi connectivity index (χ2v) is 7.11. The van der Waals surface area contributed by atoms with Gasteiger partial charge in [0.05, 0.1) is 6.04 Å². The molecule has 0 aliphatic carbocycles. The second-order valence-electron chi connectivity index (χ2n) is 7.11. The van der Waals surface area contributed by atoms with E-state index in [2.05, 4.69) is 10.6 Å². The largest absolute Gasteiger partial charge is 0.354 e. The molecule has 2 unspecified atom stereocenters. The van der Waals surface area contributed by atoms with Crippen LogP contribution < -0.4 is 10.6 Å². The Hall–Kier alpha value is -1.95. The summed E-state index contributed by atoms with van der Waals surface area (Å²) >= 11 is 0. The van der Waals surface area contributed by atoms with Crippen molar-refractivity contribution >= 4 is 11.8 Å². The van der Waals surface area contributed by atoms with Crippen molar-refractivity contribution in [3.05, 3.63) is 35.1 Å². The van der Waals surface area contributed by atoms with Crippen molar-refractivity contribution in [1.29, 1.82) is 0 Å². The fraction of sp³-hybridized carbons (Fsp3) is 0.579. The maximum atomic E-state index is 13.2. The van der Waals surface area contributed by atoms with Crippen molar-refractivity contribution in [3.63, 3.8) is 0 Å². The minimum Gasteiger partial charge on any atom is -0.354 e. The summed E-state index contributed by atoms with van der Waals surface area (Å²) < 4.78 is 13.2. The van der Waals surface area contributed by atoms with E-state index in [1.807, 2.05) is 4.90 Å². The lowest BCUT2D eigenvalue weighted by Crippen LogP contribution is -2.46. The van der Waals surface area contributed by atoms with Crippen LogP contribution in [-0.4, -0.2) is 48.9 Å². The molecule has 0 saturated carbocycles. The molecule has 1 aromatic rings. The summed E-state index contributed by atoms with van der Waals surface area (Å²) in [4.78, 5) is 26.7. The maximum absolute atomic E-state index is 13.2. The minimum absolute atomic E-state index is 0.0500. The van der Waals surface area contributed by atoms with Crippen LogP contribution in [0.4, 0.5) is 4.39 Å². The molecule has 2 fully saturated rings. The van der Waals surface area contributed by atoms with Gasteiger partial charge in [0.15, 0.2) is 0 Å². The maximum Gasteiger partial charge on any atom is 0.254 e. The van der Waals surface area contributed by atoms with Crippen LogP contribution in [0, 0.1) is 18.7 Å². The first kappa shape index (κ1) is 17.9.